The van der Waals surface area contributed by atoms with Gasteiger partial charge in [0, 0.05) is 0 Å². The van der Waals surface area contributed by atoms with Crippen LogP contribution >= 0.6 is 0 Å². The Morgan fingerprint density at radius 1 is 1.21 bits per heavy atom. The average molecular weight is 250 g/mol. The SMILES string of the molecule is Cc1cccc(CON=Cc2ccc(C#N)cc2)c1. The van der Waals surface area contributed by atoms with Crippen molar-refractivity contribution in [3.05, 3.63) is 70.8 Å². The molecule has 0 aliphatic heterocycles. The Labute approximate surface area is 112 Å². The first-order chi connectivity index (χ1) is 9.28. The first-order valence-electron chi connectivity index (χ1n) is 5.99. The summed E-state index contributed by atoms with van der Waals surface area (Å²) in [5, 5.41) is 12.6. The highest BCUT2D eigenvalue weighted by Crippen LogP contribution is 2.06. The van der Waals surface area contributed by atoms with E-state index in [4.69, 9.17) is 10.1 Å². The lowest BCUT2D eigenvalue weighted by atomic mass is 10.1. The van der Waals surface area contributed by atoms with Crippen LogP contribution in [0.2, 0.25) is 0 Å². The van der Waals surface area contributed by atoms with E-state index >= 15 is 0 Å². The van der Waals surface area contributed by atoms with Gasteiger partial charge in [0.2, 0.25) is 0 Å². The molecular formula is C16H14N2O. The smallest absolute Gasteiger partial charge is 0.142 e. The monoisotopic (exact) mass is 250 g/mol. The lowest BCUT2D eigenvalue weighted by Gasteiger charge is -2.00. The second-order valence-electron chi connectivity index (χ2n) is 4.23. The maximum absolute atomic E-state index is 8.68. The topological polar surface area (TPSA) is 45.4 Å². The predicted molar refractivity (Wildman–Crippen MR) is 74.7 cm³/mol. The minimum atomic E-state index is 0.453. The van der Waals surface area contributed by atoms with Gasteiger partial charge in [-0.25, -0.2) is 0 Å². The van der Waals surface area contributed by atoms with Crippen molar-refractivity contribution in [1.82, 2.24) is 0 Å². The van der Waals surface area contributed by atoms with Gasteiger partial charge in [-0.3, -0.25) is 0 Å². The van der Waals surface area contributed by atoms with Crippen molar-refractivity contribution in [2.75, 3.05) is 0 Å². The van der Waals surface area contributed by atoms with Gasteiger partial charge >= 0.3 is 0 Å². The summed E-state index contributed by atoms with van der Waals surface area (Å²) in [6.45, 7) is 2.50. The molecule has 3 heteroatoms. The quantitative estimate of drug-likeness (QED) is 0.616. The summed E-state index contributed by atoms with van der Waals surface area (Å²) in [6, 6.07) is 17.4. The van der Waals surface area contributed by atoms with Crippen LogP contribution < -0.4 is 0 Å². The Hall–Kier alpha value is -2.60. The molecule has 19 heavy (non-hydrogen) atoms. The fourth-order valence-electron chi connectivity index (χ4n) is 1.66. The highest BCUT2D eigenvalue weighted by Gasteiger charge is 1.93. The summed E-state index contributed by atoms with van der Waals surface area (Å²) in [7, 11) is 0. The Kier molecular flexibility index (Phi) is 4.30. The number of nitriles is 1. The van der Waals surface area contributed by atoms with Crippen LogP contribution in [0.3, 0.4) is 0 Å². The highest BCUT2D eigenvalue weighted by molar-refractivity contribution is 5.79. The van der Waals surface area contributed by atoms with Gasteiger partial charge in [0.1, 0.15) is 6.61 Å². The molecule has 2 aromatic carbocycles. The lowest BCUT2D eigenvalue weighted by molar-refractivity contribution is 0.132. The minimum Gasteiger partial charge on any atom is -0.391 e. The van der Waals surface area contributed by atoms with Gasteiger partial charge in [-0.05, 0) is 30.2 Å². The molecule has 3 nitrogen and oxygen atoms in total. The Morgan fingerprint density at radius 3 is 2.68 bits per heavy atom. The summed E-state index contributed by atoms with van der Waals surface area (Å²) >= 11 is 0. The standard InChI is InChI=1S/C16H14N2O/c1-13-3-2-4-16(9-13)12-19-18-11-15-7-5-14(10-17)6-8-15/h2-9,11H,12H2,1H3. The zero-order chi connectivity index (χ0) is 13.5. The molecule has 0 aliphatic carbocycles. The summed E-state index contributed by atoms with van der Waals surface area (Å²) < 4.78 is 0. The van der Waals surface area contributed by atoms with Gasteiger partial charge in [-0.15, -0.1) is 0 Å². The minimum absolute atomic E-state index is 0.453. The van der Waals surface area contributed by atoms with Crippen LogP contribution in [0.25, 0.3) is 0 Å². The molecular weight excluding hydrogens is 236 g/mol. The van der Waals surface area contributed by atoms with E-state index in [9.17, 15) is 0 Å². The van der Waals surface area contributed by atoms with Crippen LogP contribution in [-0.4, -0.2) is 6.21 Å². The fraction of sp³-hybridized carbons (Fsp3) is 0.125. The van der Waals surface area contributed by atoms with Gasteiger partial charge in [-0.1, -0.05) is 47.1 Å². The molecule has 0 heterocycles. The number of aryl methyl sites for hydroxylation is 1. The van der Waals surface area contributed by atoms with E-state index in [2.05, 4.69) is 17.3 Å². The molecule has 0 fully saturated rings. The maximum atomic E-state index is 8.68. The molecule has 0 atom stereocenters. The van der Waals surface area contributed by atoms with E-state index in [1.807, 2.05) is 37.3 Å². The van der Waals surface area contributed by atoms with Crippen molar-refractivity contribution < 1.29 is 4.84 Å². The fourth-order valence-corrected chi connectivity index (χ4v) is 1.66. The van der Waals surface area contributed by atoms with E-state index in [0.717, 1.165) is 11.1 Å². The zero-order valence-corrected chi connectivity index (χ0v) is 10.7. The number of hydrogen-bond donors (Lipinski definition) is 0. The number of hydrogen-bond acceptors (Lipinski definition) is 3. The molecule has 0 saturated carbocycles. The van der Waals surface area contributed by atoms with E-state index < -0.39 is 0 Å². The average Bonchev–Trinajstić information content (AvgIpc) is 2.44. The van der Waals surface area contributed by atoms with Crippen molar-refractivity contribution in [2.45, 2.75) is 13.5 Å². The summed E-state index contributed by atoms with van der Waals surface area (Å²) in [4.78, 5) is 5.24. The lowest BCUT2D eigenvalue weighted by Crippen LogP contribution is -1.89. The normalized spacial score (nSPS) is 10.3. The van der Waals surface area contributed by atoms with E-state index in [0.29, 0.717) is 12.2 Å². The van der Waals surface area contributed by atoms with E-state index in [-0.39, 0.29) is 0 Å². The summed E-state index contributed by atoms with van der Waals surface area (Å²) in [5.41, 5.74) is 3.84. The van der Waals surface area contributed by atoms with Gasteiger partial charge in [0.05, 0.1) is 17.8 Å². The summed E-state index contributed by atoms with van der Waals surface area (Å²) in [6.07, 6.45) is 1.64. The first kappa shape index (κ1) is 12.8. The highest BCUT2D eigenvalue weighted by atomic mass is 16.6. The van der Waals surface area contributed by atoms with Crippen LogP contribution in [0, 0.1) is 18.3 Å². The maximum Gasteiger partial charge on any atom is 0.142 e. The van der Waals surface area contributed by atoms with Gasteiger partial charge in [0.25, 0.3) is 0 Å². The first-order valence-corrected chi connectivity index (χ1v) is 5.99. The van der Waals surface area contributed by atoms with Crippen LogP contribution in [0.5, 0.6) is 0 Å². The molecule has 0 aromatic heterocycles. The molecule has 94 valence electrons. The van der Waals surface area contributed by atoms with Crippen molar-refractivity contribution in [3.63, 3.8) is 0 Å². The number of oxime groups is 1. The molecule has 0 radical (unpaired) electrons. The van der Waals surface area contributed by atoms with Crippen molar-refractivity contribution in [2.24, 2.45) is 5.16 Å². The third-order valence-corrected chi connectivity index (χ3v) is 2.63. The molecule has 0 aliphatic rings. The summed E-state index contributed by atoms with van der Waals surface area (Å²) in [5.74, 6) is 0. The molecule has 0 N–H and O–H groups in total. The zero-order valence-electron chi connectivity index (χ0n) is 10.7. The molecule has 0 unspecified atom stereocenters. The Morgan fingerprint density at radius 2 is 2.00 bits per heavy atom. The van der Waals surface area contributed by atoms with Gasteiger partial charge < -0.3 is 4.84 Å². The largest absolute Gasteiger partial charge is 0.391 e. The molecule has 2 aromatic rings. The third-order valence-electron chi connectivity index (χ3n) is 2.63. The van der Waals surface area contributed by atoms with E-state index in [1.165, 1.54) is 5.56 Å². The predicted octanol–water partition coefficient (Wildman–Crippen LogP) is 3.42. The van der Waals surface area contributed by atoms with Crippen molar-refractivity contribution >= 4 is 6.21 Å². The van der Waals surface area contributed by atoms with Crippen LogP contribution in [-0.2, 0) is 11.4 Å². The second kappa shape index (κ2) is 6.36. The van der Waals surface area contributed by atoms with Crippen LogP contribution in [0.15, 0.2) is 53.7 Å². The molecule has 2 rings (SSSR count). The third kappa shape index (κ3) is 3.97. The number of benzene rings is 2. The molecule has 0 amide bonds. The second-order valence-corrected chi connectivity index (χ2v) is 4.23. The van der Waals surface area contributed by atoms with Crippen LogP contribution in [0.1, 0.15) is 22.3 Å². The van der Waals surface area contributed by atoms with Crippen LogP contribution in [0.4, 0.5) is 0 Å². The molecule has 0 bridgehead atoms. The number of nitrogens with zero attached hydrogens (tertiary/aromatic N) is 2. The van der Waals surface area contributed by atoms with Gasteiger partial charge in [0.15, 0.2) is 0 Å². The molecule has 0 saturated heterocycles. The van der Waals surface area contributed by atoms with Gasteiger partial charge in [-0.2, -0.15) is 5.26 Å². The number of rotatable bonds is 4. The molecule has 0 spiro atoms. The van der Waals surface area contributed by atoms with Crippen molar-refractivity contribution in [3.8, 4) is 6.07 Å². The Bertz CT molecular complexity index is 609. The van der Waals surface area contributed by atoms with Crippen molar-refractivity contribution in [1.29, 1.82) is 5.26 Å². The van der Waals surface area contributed by atoms with E-state index in [1.54, 1.807) is 18.3 Å². The Balaban J connectivity index is 1.88.